The summed E-state index contributed by atoms with van der Waals surface area (Å²) in [5, 5.41) is 10.6. The molecule has 0 amide bonds. The van der Waals surface area contributed by atoms with Gasteiger partial charge in [-0.05, 0) is 54.3 Å². The van der Waals surface area contributed by atoms with Crippen LogP contribution in [0.4, 0.5) is 11.6 Å². The van der Waals surface area contributed by atoms with E-state index in [1.807, 2.05) is 36.6 Å². The summed E-state index contributed by atoms with van der Waals surface area (Å²) in [7, 11) is 0. The lowest BCUT2D eigenvalue weighted by Crippen LogP contribution is -2.60. The van der Waals surface area contributed by atoms with Crippen LogP contribution in [0.3, 0.4) is 0 Å². The first-order valence-electron chi connectivity index (χ1n) is 12.2. The Balaban J connectivity index is 1.30. The van der Waals surface area contributed by atoms with E-state index in [1.165, 1.54) is 31.2 Å². The molecule has 8 heteroatoms. The fourth-order valence-electron chi connectivity index (χ4n) is 5.19. The first kappa shape index (κ1) is 24.7. The molecule has 36 heavy (non-hydrogen) atoms. The highest BCUT2D eigenvalue weighted by atomic mass is 35.5. The number of rotatable bonds is 8. The van der Waals surface area contributed by atoms with Gasteiger partial charge in [0.1, 0.15) is 18.4 Å². The van der Waals surface area contributed by atoms with Gasteiger partial charge in [0.15, 0.2) is 0 Å². The van der Waals surface area contributed by atoms with Gasteiger partial charge in [-0.2, -0.15) is 5.26 Å². The van der Waals surface area contributed by atoms with Crippen molar-refractivity contribution in [2.24, 2.45) is 5.41 Å². The molecule has 2 aromatic carbocycles. The Morgan fingerprint density at radius 2 is 1.92 bits per heavy atom. The molecule has 1 N–H and O–H groups in total. The summed E-state index contributed by atoms with van der Waals surface area (Å²) in [6.45, 7) is 6.69. The largest absolute Gasteiger partial charge is 0.487 e. The Bertz CT molecular complexity index is 1290. The van der Waals surface area contributed by atoms with E-state index in [9.17, 15) is 5.26 Å². The zero-order chi connectivity index (χ0) is 25.3. The smallest absolute Gasteiger partial charge is 0.233 e. The summed E-state index contributed by atoms with van der Waals surface area (Å²) in [6, 6.07) is 16.4. The van der Waals surface area contributed by atoms with Gasteiger partial charge in [-0.15, -0.1) is 0 Å². The lowest BCUT2D eigenvalue weighted by atomic mass is 9.63. The highest BCUT2D eigenvalue weighted by Gasteiger charge is 2.48. The number of halogens is 1. The molecular formula is C28H30ClN5OS. The molecule has 1 spiro atoms. The van der Waals surface area contributed by atoms with Crippen molar-refractivity contribution < 1.29 is 4.74 Å². The standard InChI is InChI=1S/C28H30ClN5OS/c1-27(2,20-5-7-23(8-6-20)35-16-22-9-12-31-26(32-22)33-36-3)21-13-19(15-30)25(24(29)14-21)34-17-28(18-34)10-4-11-28/h5-9,12-14H,4,10-11,16-18H2,1-3H3,(H,31,32,33). The molecule has 1 saturated carbocycles. The molecule has 2 fully saturated rings. The van der Waals surface area contributed by atoms with Crippen molar-refractivity contribution in [2.75, 3.05) is 29.0 Å². The highest BCUT2D eigenvalue weighted by Crippen LogP contribution is 2.51. The molecule has 3 aromatic rings. The molecule has 6 nitrogen and oxygen atoms in total. The van der Waals surface area contributed by atoms with Crippen LogP contribution < -0.4 is 14.4 Å². The van der Waals surface area contributed by atoms with E-state index in [2.05, 4.69) is 51.6 Å². The van der Waals surface area contributed by atoms with Gasteiger partial charge in [0.2, 0.25) is 5.95 Å². The number of hydrogen-bond acceptors (Lipinski definition) is 7. The van der Waals surface area contributed by atoms with Crippen LogP contribution in [0.1, 0.15) is 55.5 Å². The minimum absolute atomic E-state index is 0.332. The number of ether oxygens (including phenoxy) is 1. The van der Waals surface area contributed by atoms with Crippen molar-refractivity contribution in [3.63, 3.8) is 0 Å². The van der Waals surface area contributed by atoms with Crippen LogP contribution in [0.15, 0.2) is 48.7 Å². The van der Waals surface area contributed by atoms with Crippen LogP contribution in [0.2, 0.25) is 5.02 Å². The fraction of sp³-hybridized carbons (Fsp3) is 0.393. The third kappa shape index (κ3) is 4.72. The predicted octanol–water partition coefficient (Wildman–Crippen LogP) is 6.59. The normalized spacial score (nSPS) is 16.1. The Labute approximate surface area is 222 Å². The second kappa shape index (κ2) is 9.84. The SMILES string of the molecule is CSNc1nccc(COc2ccc(C(C)(C)c3cc(Cl)c(N4CC5(CCC5)C4)c(C#N)c3)cc2)n1. The zero-order valence-electron chi connectivity index (χ0n) is 20.8. The van der Waals surface area contributed by atoms with Gasteiger partial charge in [-0.25, -0.2) is 9.97 Å². The molecule has 5 rings (SSSR count). The third-order valence-electron chi connectivity index (χ3n) is 7.56. The molecule has 2 heterocycles. The van der Waals surface area contributed by atoms with Crippen molar-refractivity contribution in [1.29, 1.82) is 5.26 Å². The molecule has 1 aromatic heterocycles. The Hall–Kier alpha value is -2.95. The molecule has 1 aliphatic carbocycles. The third-order valence-corrected chi connectivity index (χ3v) is 8.23. The van der Waals surface area contributed by atoms with E-state index in [-0.39, 0.29) is 5.41 Å². The average Bonchev–Trinajstić information content (AvgIpc) is 2.82. The number of hydrogen-bond donors (Lipinski definition) is 1. The topological polar surface area (TPSA) is 74.1 Å². The van der Waals surface area contributed by atoms with E-state index in [0.717, 1.165) is 41.3 Å². The average molecular weight is 520 g/mol. The van der Waals surface area contributed by atoms with E-state index < -0.39 is 0 Å². The second-order valence-corrected chi connectivity index (χ2v) is 11.3. The van der Waals surface area contributed by atoms with E-state index in [4.69, 9.17) is 16.3 Å². The molecular weight excluding hydrogens is 490 g/mol. The second-order valence-electron chi connectivity index (χ2n) is 10.3. The van der Waals surface area contributed by atoms with E-state index in [1.54, 1.807) is 6.20 Å². The molecule has 0 unspecified atom stereocenters. The maximum absolute atomic E-state index is 9.94. The Kier molecular flexibility index (Phi) is 6.76. The number of anilines is 2. The molecule has 186 valence electrons. The number of benzene rings is 2. The maximum atomic E-state index is 9.94. The van der Waals surface area contributed by atoms with Crippen LogP contribution in [-0.4, -0.2) is 29.3 Å². The van der Waals surface area contributed by atoms with Crippen LogP contribution >= 0.6 is 23.5 Å². The fourth-order valence-corrected chi connectivity index (χ4v) is 5.81. The monoisotopic (exact) mass is 519 g/mol. The first-order chi connectivity index (χ1) is 17.3. The molecule has 0 radical (unpaired) electrons. The molecule has 1 aliphatic heterocycles. The summed E-state index contributed by atoms with van der Waals surface area (Å²) >= 11 is 8.24. The van der Waals surface area contributed by atoms with Crippen molar-refractivity contribution in [2.45, 2.75) is 45.1 Å². The summed E-state index contributed by atoms with van der Waals surface area (Å²) in [6.07, 6.45) is 7.55. The van der Waals surface area contributed by atoms with Crippen LogP contribution in [0.5, 0.6) is 5.75 Å². The van der Waals surface area contributed by atoms with Crippen molar-refractivity contribution >= 4 is 35.2 Å². The molecule has 0 bridgehead atoms. The number of aromatic nitrogens is 2. The predicted molar refractivity (Wildman–Crippen MR) is 147 cm³/mol. The number of nitrogens with one attached hydrogen (secondary N) is 1. The molecule has 0 atom stereocenters. The van der Waals surface area contributed by atoms with Gasteiger partial charge in [0, 0.05) is 36.4 Å². The first-order valence-corrected chi connectivity index (χ1v) is 13.8. The van der Waals surface area contributed by atoms with Gasteiger partial charge >= 0.3 is 0 Å². The van der Waals surface area contributed by atoms with Crippen LogP contribution in [-0.2, 0) is 12.0 Å². The van der Waals surface area contributed by atoms with Crippen molar-refractivity contribution in [1.82, 2.24) is 9.97 Å². The van der Waals surface area contributed by atoms with Gasteiger partial charge < -0.3 is 9.64 Å². The summed E-state index contributed by atoms with van der Waals surface area (Å²) in [5.41, 5.74) is 4.62. The Morgan fingerprint density at radius 1 is 1.17 bits per heavy atom. The molecule has 2 aliphatic rings. The quantitative estimate of drug-likeness (QED) is 0.336. The van der Waals surface area contributed by atoms with Gasteiger partial charge in [-0.1, -0.05) is 55.9 Å². The number of nitrogens with zero attached hydrogens (tertiary/aromatic N) is 4. The lowest BCUT2D eigenvalue weighted by Gasteiger charge is -2.57. The summed E-state index contributed by atoms with van der Waals surface area (Å²) in [4.78, 5) is 10.9. The van der Waals surface area contributed by atoms with Crippen molar-refractivity contribution in [3.8, 4) is 11.8 Å². The van der Waals surface area contributed by atoms with Crippen LogP contribution in [0.25, 0.3) is 0 Å². The summed E-state index contributed by atoms with van der Waals surface area (Å²) < 4.78 is 8.98. The minimum Gasteiger partial charge on any atom is -0.487 e. The van der Waals surface area contributed by atoms with Gasteiger partial charge in [0.25, 0.3) is 0 Å². The van der Waals surface area contributed by atoms with Gasteiger partial charge in [0.05, 0.1) is 22.0 Å². The lowest BCUT2D eigenvalue weighted by molar-refractivity contribution is 0.0904. The number of nitriles is 1. The maximum Gasteiger partial charge on any atom is 0.233 e. The zero-order valence-corrected chi connectivity index (χ0v) is 22.4. The van der Waals surface area contributed by atoms with Crippen molar-refractivity contribution in [3.05, 3.63) is 76.1 Å². The van der Waals surface area contributed by atoms with E-state index >= 15 is 0 Å². The minimum atomic E-state index is -0.332. The van der Waals surface area contributed by atoms with Crippen LogP contribution in [0, 0.1) is 16.7 Å². The summed E-state index contributed by atoms with van der Waals surface area (Å²) in [5.74, 6) is 1.33. The van der Waals surface area contributed by atoms with Gasteiger partial charge in [-0.3, -0.25) is 4.72 Å². The van der Waals surface area contributed by atoms with E-state index in [0.29, 0.717) is 28.6 Å². The Morgan fingerprint density at radius 3 is 2.56 bits per heavy atom. The molecule has 1 saturated heterocycles. The highest BCUT2D eigenvalue weighted by molar-refractivity contribution is 7.99.